The van der Waals surface area contributed by atoms with E-state index in [2.05, 4.69) is 17.3 Å². The van der Waals surface area contributed by atoms with Gasteiger partial charge in [0.05, 0.1) is 12.1 Å². The standard InChI is InChI=1S/C9H14N2/c1-4-9(6-5-7-10)11-8(2)3/h1,8-9,11H,5-6H2,2-3H3/t9-/m0/s1. The van der Waals surface area contributed by atoms with E-state index in [1.807, 2.05) is 13.8 Å². The maximum absolute atomic E-state index is 8.30. The predicted molar refractivity (Wildman–Crippen MR) is 45.7 cm³/mol. The minimum Gasteiger partial charge on any atom is -0.301 e. The van der Waals surface area contributed by atoms with Crippen LogP contribution >= 0.6 is 0 Å². The Kier molecular flexibility index (Phi) is 5.25. The van der Waals surface area contributed by atoms with Crippen LogP contribution < -0.4 is 5.32 Å². The molecule has 0 amide bonds. The SMILES string of the molecule is C#C[C@@H](CCC#N)NC(C)C. The van der Waals surface area contributed by atoms with Crippen molar-refractivity contribution in [2.75, 3.05) is 0 Å². The van der Waals surface area contributed by atoms with Crippen molar-refractivity contribution < 1.29 is 0 Å². The lowest BCUT2D eigenvalue weighted by atomic mass is 10.1. The van der Waals surface area contributed by atoms with Crippen LogP contribution in [-0.2, 0) is 0 Å². The third-order valence-electron chi connectivity index (χ3n) is 1.28. The normalized spacial score (nSPS) is 12.1. The van der Waals surface area contributed by atoms with Crippen LogP contribution in [0.1, 0.15) is 26.7 Å². The van der Waals surface area contributed by atoms with Crippen molar-refractivity contribution in [1.29, 1.82) is 5.26 Å². The molecule has 1 N–H and O–H groups in total. The monoisotopic (exact) mass is 150 g/mol. The van der Waals surface area contributed by atoms with Crippen LogP contribution in [0.5, 0.6) is 0 Å². The molecule has 0 spiro atoms. The highest BCUT2D eigenvalue weighted by Gasteiger charge is 2.04. The Hall–Kier alpha value is -0.990. The Morgan fingerprint density at radius 3 is 2.55 bits per heavy atom. The molecule has 0 aromatic carbocycles. The molecule has 0 saturated heterocycles. The quantitative estimate of drug-likeness (QED) is 0.613. The highest BCUT2D eigenvalue weighted by atomic mass is 14.9. The van der Waals surface area contributed by atoms with Gasteiger partial charge in [-0.05, 0) is 20.3 Å². The maximum atomic E-state index is 8.30. The van der Waals surface area contributed by atoms with Gasteiger partial charge in [-0.25, -0.2) is 0 Å². The van der Waals surface area contributed by atoms with E-state index in [-0.39, 0.29) is 6.04 Å². The Morgan fingerprint density at radius 2 is 2.18 bits per heavy atom. The van der Waals surface area contributed by atoms with E-state index in [0.717, 1.165) is 6.42 Å². The van der Waals surface area contributed by atoms with Crippen molar-refractivity contribution in [3.63, 3.8) is 0 Å². The topological polar surface area (TPSA) is 35.8 Å². The summed E-state index contributed by atoms with van der Waals surface area (Å²) in [5, 5.41) is 11.5. The van der Waals surface area contributed by atoms with Crippen LogP contribution in [0.25, 0.3) is 0 Å². The van der Waals surface area contributed by atoms with E-state index in [0.29, 0.717) is 12.5 Å². The lowest BCUT2D eigenvalue weighted by molar-refractivity contribution is 0.513. The molecule has 0 unspecified atom stereocenters. The molecule has 0 radical (unpaired) electrons. The van der Waals surface area contributed by atoms with Gasteiger partial charge in [0.15, 0.2) is 0 Å². The number of terminal acetylenes is 1. The van der Waals surface area contributed by atoms with E-state index in [1.165, 1.54) is 0 Å². The van der Waals surface area contributed by atoms with Gasteiger partial charge >= 0.3 is 0 Å². The summed E-state index contributed by atoms with van der Waals surface area (Å²) in [6.45, 7) is 4.08. The molecule has 1 atom stereocenters. The first-order valence-corrected chi connectivity index (χ1v) is 3.79. The molecule has 2 nitrogen and oxygen atoms in total. The predicted octanol–water partition coefficient (Wildman–Crippen LogP) is 1.29. The molecule has 0 fully saturated rings. The summed E-state index contributed by atoms with van der Waals surface area (Å²) in [5.74, 6) is 2.61. The summed E-state index contributed by atoms with van der Waals surface area (Å²) in [5.41, 5.74) is 0. The number of hydrogen-bond donors (Lipinski definition) is 1. The zero-order valence-corrected chi connectivity index (χ0v) is 7.09. The van der Waals surface area contributed by atoms with Gasteiger partial charge in [0.25, 0.3) is 0 Å². The van der Waals surface area contributed by atoms with Crippen molar-refractivity contribution in [2.24, 2.45) is 0 Å². The summed E-state index contributed by atoms with van der Waals surface area (Å²) in [6.07, 6.45) is 6.50. The molecule has 11 heavy (non-hydrogen) atoms. The number of rotatable bonds is 4. The second kappa shape index (κ2) is 5.77. The van der Waals surface area contributed by atoms with Gasteiger partial charge in [0.2, 0.25) is 0 Å². The van der Waals surface area contributed by atoms with Gasteiger partial charge in [0.1, 0.15) is 0 Å². The Balaban J connectivity index is 3.62. The number of nitrogens with zero attached hydrogens (tertiary/aromatic N) is 1. The minimum absolute atomic E-state index is 0.0506. The molecule has 2 heteroatoms. The second-order valence-electron chi connectivity index (χ2n) is 2.74. The summed E-state index contributed by atoms with van der Waals surface area (Å²) < 4.78 is 0. The Bertz CT molecular complexity index is 171. The van der Waals surface area contributed by atoms with Crippen LogP contribution in [0.15, 0.2) is 0 Å². The minimum atomic E-state index is 0.0506. The summed E-state index contributed by atoms with van der Waals surface area (Å²) in [4.78, 5) is 0. The molecule has 0 bridgehead atoms. The van der Waals surface area contributed by atoms with E-state index in [9.17, 15) is 0 Å². The van der Waals surface area contributed by atoms with Crippen LogP contribution in [0.4, 0.5) is 0 Å². The van der Waals surface area contributed by atoms with E-state index >= 15 is 0 Å². The molecule has 60 valence electrons. The van der Waals surface area contributed by atoms with Gasteiger partial charge in [-0.1, -0.05) is 5.92 Å². The molecule has 0 aliphatic carbocycles. The highest BCUT2D eigenvalue weighted by molar-refractivity contribution is 5.00. The summed E-state index contributed by atoms with van der Waals surface area (Å²) in [7, 11) is 0. The zero-order chi connectivity index (χ0) is 8.69. The van der Waals surface area contributed by atoms with Gasteiger partial charge < -0.3 is 5.32 Å². The Morgan fingerprint density at radius 1 is 1.55 bits per heavy atom. The van der Waals surface area contributed by atoms with Crippen LogP contribution in [0, 0.1) is 23.7 Å². The summed E-state index contributed by atoms with van der Waals surface area (Å²) >= 11 is 0. The fourth-order valence-electron chi connectivity index (χ4n) is 0.826. The van der Waals surface area contributed by atoms with Gasteiger partial charge in [-0.15, -0.1) is 6.42 Å². The molecule has 0 aromatic rings. The molecule has 0 aliphatic rings. The van der Waals surface area contributed by atoms with Crippen molar-refractivity contribution in [2.45, 2.75) is 38.8 Å². The lowest BCUT2D eigenvalue weighted by Crippen LogP contribution is -2.33. The molecular weight excluding hydrogens is 136 g/mol. The van der Waals surface area contributed by atoms with Gasteiger partial charge in [-0.2, -0.15) is 5.26 Å². The third kappa shape index (κ3) is 5.45. The number of nitriles is 1. The zero-order valence-electron chi connectivity index (χ0n) is 7.09. The third-order valence-corrected chi connectivity index (χ3v) is 1.28. The van der Waals surface area contributed by atoms with Crippen molar-refractivity contribution >= 4 is 0 Å². The van der Waals surface area contributed by atoms with Gasteiger partial charge in [-0.3, -0.25) is 0 Å². The van der Waals surface area contributed by atoms with Crippen LogP contribution in [0.3, 0.4) is 0 Å². The first-order valence-electron chi connectivity index (χ1n) is 3.79. The first-order chi connectivity index (χ1) is 5.20. The first kappa shape index (κ1) is 10.0. The fraction of sp³-hybridized carbons (Fsp3) is 0.667. The largest absolute Gasteiger partial charge is 0.301 e. The van der Waals surface area contributed by atoms with Crippen LogP contribution in [-0.4, -0.2) is 12.1 Å². The Labute approximate surface area is 68.6 Å². The number of hydrogen-bond acceptors (Lipinski definition) is 2. The lowest BCUT2D eigenvalue weighted by Gasteiger charge is -2.13. The van der Waals surface area contributed by atoms with Crippen LogP contribution in [0.2, 0.25) is 0 Å². The molecule has 0 saturated carbocycles. The van der Waals surface area contributed by atoms with Crippen molar-refractivity contribution in [3.8, 4) is 18.4 Å². The summed E-state index contributed by atoms with van der Waals surface area (Å²) in [6, 6.07) is 2.50. The van der Waals surface area contributed by atoms with Gasteiger partial charge in [0, 0.05) is 12.5 Å². The van der Waals surface area contributed by atoms with Crippen molar-refractivity contribution in [3.05, 3.63) is 0 Å². The average molecular weight is 150 g/mol. The molecule has 0 aliphatic heterocycles. The highest BCUT2D eigenvalue weighted by Crippen LogP contribution is 1.95. The maximum Gasteiger partial charge on any atom is 0.0698 e. The van der Waals surface area contributed by atoms with E-state index in [1.54, 1.807) is 0 Å². The molecular formula is C9H14N2. The fourth-order valence-corrected chi connectivity index (χ4v) is 0.826. The number of nitrogens with one attached hydrogen (secondary N) is 1. The molecule has 0 rings (SSSR count). The second-order valence-corrected chi connectivity index (χ2v) is 2.74. The van der Waals surface area contributed by atoms with Crippen molar-refractivity contribution in [1.82, 2.24) is 5.32 Å². The van der Waals surface area contributed by atoms with E-state index < -0.39 is 0 Å². The molecule has 0 aromatic heterocycles. The molecule has 0 heterocycles. The average Bonchev–Trinajstić information content (AvgIpc) is 1.97. The smallest absolute Gasteiger partial charge is 0.0698 e. The van der Waals surface area contributed by atoms with E-state index in [4.69, 9.17) is 11.7 Å².